The number of amides is 2. The number of hydrogen-bond acceptors (Lipinski definition) is 4. The lowest BCUT2D eigenvalue weighted by molar-refractivity contribution is -0.123. The second-order valence-electron chi connectivity index (χ2n) is 7.58. The Kier molecular flexibility index (Phi) is 7.86. The summed E-state index contributed by atoms with van der Waals surface area (Å²) in [7, 11) is 1.63. The van der Waals surface area contributed by atoms with Crippen molar-refractivity contribution in [1.29, 1.82) is 0 Å². The van der Waals surface area contributed by atoms with E-state index in [1.807, 2.05) is 74.5 Å². The Labute approximate surface area is 189 Å². The molecule has 6 nitrogen and oxygen atoms in total. The van der Waals surface area contributed by atoms with Gasteiger partial charge in [0.2, 0.25) is 5.91 Å². The van der Waals surface area contributed by atoms with E-state index in [-0.39, 0.29) is 11.8 Å². The fourth-order valence-corrected chi connectivity index (χ4v) is 3.40. The molecule has 0 radical (unpaired) electrons. The molecule has 3 N–H and O–H groups in total. The third-order valence-electron chi connectivity index (χ3n) is 5.16. The molecule has 0 bridgehead atoms. The zero-order valence-corrected chi connectivity index (χ0v) is 18.6. The molecule has 0 aliphatic carbocycles. The number of carbonyl (C=O) groups is 2. The Bertz CT molecular complexity index is 1060. The van der Waals surface area contributed by atoms with Gasteiger partial charge in [-0.05, 0) is 61.4 Å². The van der Waals surface area contributed by atoms with E-state index in [0.29, 0.717) is 18.7 Å². The van der Waals surface area contributed by atoms with Gasteiger partial charge in [0.25, 0.3) is 5.91 Å². The molecular formula is C26H29N3O3. The zero-order valence-electron chi connectivity index (χ0n) is 18.6. The summed E-state index contributed by atoms with van der Waals surface area (Å²) in [4.78, 5) is 25.9. The fraction of sp³-hybridized carbons (Fsp3) is 0.231. The van der Waals surface area contributed by atoms with Crippen molar-refractivity contribution in [2.75, 3.05) is 25.5 Å². The Morgan fingerprint density at radius 2 is 1.66 bits per heavy atom. The van der Waals surface area contributed by atoms with E-state index >= 15 is 0 Å². The van der Waals surface area contributed by atoms with E-state index in [1.165, 1.54) is 0 Å². The van der Waals surface area contributed by atoms with Gasteiger partial charge < -0.3 is 20.7 Å². The number of aryl methyl sites for hydroxylation is 2. The first-order valence-corrected chi connectivity index (χ1v) is 10.6. The van der Waals surface area contributed by atoms with E-state index in [0.717, 1.165) is 28.1 Å². The van der Waals surface area contributed by atoms with Crippen molar-refractivity contribution < 1.29 is 14.3 Å². The maximum Gasteiger partial charge on any atom is 0.252 e. The summed E-state index contributed by atoms with van der Waals surface area (Å²) in [5.41, 5.74) is 4.16. The highest BCUT2D eigenvalue weighted by Gasteiger charge is 2.24. The molecule has 0 fully saturated rings. The molecule has 0 aliphatic rings. The van der Waals surface area contributed by atoms with Crippen molar-refractivity contribution in [3.63, 3.8) is 0 Å². The van der Waals surface area contributed by atoms with Gasteiger partial charge in [-0.25, -0.2) is 0 Å². The van der Waals surface area contributed by atoms with Crippen LogP contribution in [0.25, 0.3) is 0 Å². The van der Waals surface area contributed by atoms with E-state index in [4.69, 9.17) is 4.74 Å². The largest absolute Gasteiger partial charge is 0.497 e. The van der Waals surface area contributed by atoms with Crippen molar-refractivity contribution in [1.82, 2.24) is 10.6 Å². The molecule has 32 heavy (non-hydrogen) atoms. The van der Waals surface area contributed by atoms with Crippen LogP contribution in [0.2, 0.25) is 0 Å². The Morgan fingerprint density at radius 1 is 0.906 bits per heavy atom. The van der Waals surface area contributed by atoms with Crippen LogP contribution in [-0.2, 0) is 4.79 Å². The SMILES string of the molecule is COc1ccc(NCCNC(=O)C(NC(=O)c2cccc(C)c2)c2ccccc2C)cc1. The van der Waals surface area contributed by atoms with Crippen molar-refractivity contribution in [3.05, 3.63) is 95.1 Å². The first-order valence-electron chi connectivity index (χ1n) is 10.6. The molecule has 0 aromatic heterocycles. The monoisotopic (exact) mass is 431 g/mol. The normalized spacial score (nSPS) is 11.3. The predicted octanol–water partition coefficient (Wildman–Crippen LogP) is 4.01. The zero-order chi connectivity index (χ0) is 22.9. The molecule has 0 aliphatic heterocycles. The van der Waals surface area contributed by atoms with Gasteiger partial charge >= 0.3 is 0 Å². The van der Waals surface area contributed by atoms with Gasteiger partial charge in [-0.15, -0.1) is 0 Å². The average Bonchev–Trinajstić information content (AvgIpc) is 2.81. The third-order valence-corrected chi connectivity index (χ3v) is 5.16. The fourth-order valence-electron chi connectivity index (χ4n) is 3.40. The quantitative estimate of drug-likeness (QED) is 0.447. The van der Waals surface area contributed by atoms with Crippen LogP contribution in [0.4, 0.5) is 5.69 Å². The standard InChI is InChI=1S/C26H29N3O3/c1-18-7-6-9-20(17-18)25(30)29-24(23-10-5-4-8-19(23)2)26(31)28-16-15-27-21-11-13-22(32-3)14-12-21/h4-14,17,24,27H,15-16H2,1-3H3,(H,28,31)(H,29,30). The predicted molar refractivity (Wildman–Crippen MR) is 127 cm³/mol. The summed E-state index contributed by atoms with van der Waals surface area (Å²) in [5, 5.41) is 9.09. The van der Waals surface area contributed by atoms with Gasteiger partial charge in [-0.1, -0.05) is 42.0 Å². The number of ether oxygens (including phenoxy) is 1. The smallest absolute Gasteiger partial charge is 0.252 e. The Hall–Kier alpha value is -3.80. The van der Waals surface area contributed by atoms with Gasteiger partial charge in [0.05, 0.1) is 7.11 Å². The third kappa shape index (κ3) is 6.11. The maximum atomic E-state index is 13.1. The minimum Gasteiger partial charge on any atom is -0.497 e. The first kappa shape index (κ1) is 22.9. The molecule has 3 aromatic carbocycles. The van der Waals surface area contributed by atoms with Crippen molar-refractivity contribution in [2.45, 2.75) is 19.9 Å². The lowest BCUT2D eigenvalue weighted by atomic mass is 10.00. The molecule has 1 unspecified atom stereocenters. The second kappa shape index (κ2) is 11.0. The summed E-state index contributed by atoms with van der Waals surface area (Å²) < 4.78 is 5.16. The number of methoxy groups -OCH3 is 1. The molecular weight excluding hydrogens is 402 g/mol. The lowest BCUT2D eigenvalue weighted by Gasteiger charge is -2.21. The van der Waals surface area contributed by atoms with E-state index in [2.05, 4.69) is 16.0 Å². The molecule has 0 spiro atoms. The maximum absolute atomic E-state index is 13.1. The first-order chi connectivity index (χ1) is 15.5. The van der Waals surface area contributed by atoms with Crippen LogP contribution in [-0.4, -0.2) is 32.0 Å². The minimum absolute atomic E-state index is 0.253. The Morgan fingerprint density at radius 3 is 2.34 bits per heavy atom. The van der Waals surface area contributed by atoms with Crippen LogP contribution < -0.4 is 20.7 Å². The summed E-state index contributed by atoms with van der Waals surface area (Å²) in [6.45, 7) is 4.82. The molecule has 1 atom stereocenters. The highest BCUT2D eigenvalue weighted by molar-refractivity contribution is 5.98. The number of benzene rings is 3. The van der Waals surface area contributed by atoms with Crippen molar-refractivity contribution in [3.8, 4) is 5.75 Å². The van der Waals surface area contributed by atoms with Gasteiger partial charge in [-0.3, -0.25) is 9.59 Å². The number of nitrogens with one attached hydrogen (secondary N) is 3. The number of rotatable bonds is 9. The van der Waals surface area contributed by atoms with Gasteiger partial charge in [0, 0.05) is 24.3 Å². The van der Waals surface area contributed by atoms with Gasteiger partial charge in [-0.2, -0.15) is 0 Å². The molecule has 0 saturated heterocycles. The molecule has 0 saturated carbocycles. The molecule has 166 valence electrons. The second-order valence-corrected chi connectivity index (χ2v) is 7.58. The molecule has 3 rings (SSSR count). The highest BCUT2D eigenvalue weighted by Crippen LogP contribution is 2.19. The van der Waals surface area contributed by atoms with E-state index in [1.54, 1.807) is 19.2 Å². The van der Waals surface area contributed by atoms with Crippen LogP contribution in [0.3, 0.4) is 0 Å². The molecule has 3 aromatic rings. The van der Waals surface area contributed by atoms with Crippen molar-refractivity contribution in [2.24, 2.45) is 0 Å². The van der Waals surface area contributed by atoms with Crippen LogP contribution in [0.5, 0.6) is 5.75 Å². The summed E-state index contributed by atoms with van der Waals surface area (Å²) in [5.74, 6) is 0.250. The molecule has 2 amide bonds. The van der Waals surface area contributed by atoms with Crippen molar-refractivity contribution >= 4 is 17.5 Å². The van der Waals surface area contributed by atoms with Crippen LogP contribution in [0, 0.1) is 13.8 Å². The minimum atomic E-state index is -0.787. The number of hydrogen-bond donors (Lipinski definition) is 3. The summed E-state index contributed by atoms with van der Waals surface area (Å²) in [6, 6.07) is 21.7. The lowest BCUT2D eigenvalue weighted by Crippen LogP contribution is -2.42. The highest BCUT2D eigenvalue weighted by atomic mass is 16.5. The van der Waals surface area contributed by atoms with Crippen LogP contribution >= 0.6 is 0 Å². The molecule has 0 heterocycles. The summed E-state index contributed by atoms with van der Waals surface area (Å²) >= 11 is 0. The van der Waals surface area contributed by atoms with E-state index in [9.17, 15) is 9.59 Å². The van der Waals surface area contributed by atoms with Crippen LogP contribution in [0.1, 0.15) is 33.1 Å². The van der Waals surface area contributed by atoms with Gasteiger partial charge in [0.1, 0.15) is 11.8 Å². The average molecular weight is 432 g/mol. The summed E-state index contributed by atoms with van der Waals surface area (Å²) in [6.07, 6.45) is 0. The number of carbonyl (C=O) groups excluding carboxylic acids is 2. The van der Waals surface area contributed by atoms with E-state index < -0.39 is 6.04 Å². The Balaban J connectivity index is 1.65. The number of anilines is 1. The topological polar surface area (TPSA) is 79.5 Å². The van der Waals surface area contributed by atoms with Gasteiger partial charge in [0.15, 0.2) is 0 Å². The molecule has 6 heteroatoms. The van der Waals surface area contributed by atoms with Crippen LogP contribution in [0.15, 0.2) is 72.8 Å².